The Kier molecular flexibility index (Phi) is 8.67. The van der Waals surface area contributed by atoms with E-state index in [4.69, 9.17) is 4.74 Å². The normalized spacial score (nSPS) is 21.9. The Bertz CT molecular complexity index is 174. The van der Waals surface area contributed by atoms with Gasteiger partial charge in [0, 0.05) is 13.2 Å². The molecule has 1 atom stereocenters. The predicted molar refractivity (Wildman–Crippen MR) is 73.5 cm³/mol. The molecule has 0 aromatic rings. The molecule has 1 rings (SSSR count). The van der Waals surface area contributed by atoms with Crippen molar-refractivity contribution in [1.29, 1.82) is 0 Å². The van der Waals surface area contributed by atoms with Crippen LogP contribution in [0.25, 0.3) is 0 Å². The number of hydrogen-bond acceptors (Lipinski definition) is 3. The lowest BCUT2D eigenvalue weighted by atomic mass is 10.1. The van der Waals surface area contributed by atoms with Crippen LogP contribution in [0.15, 0.2) is 0 Å². The SMILES string of the molecule is CCNCCCCCN1CCCC(OCC)C1. The average Bonchev–Trinajstić information content (AvgIpc) is 2.35. The Balaban J connectivity index is 1.98. The van der Waals surface area contributed by atoms with E-state index in [1.54, 1.807) is 0 Å². The van der Waals surface area contributed by atoms with Crippen molar-refractivity contribution in [2.75, 3.05) is 39.3 Å². The first-order valence-corrected chi connectivity index (χ1v) is 7.41. The van der Waals surface area contributed by atoms with Crippen LogP contribution >= 0.6 is 0 Å². The fraction of sp³-hybridized carbons (Fsp3) is 1.00. The molecule has 0 amide bonds. The van der Waals surface area contributed by atoms with Crippen LogP contribution in [0.5, 0.6) is 0 Å². The van der Waals surface area contributed by atoms with Gasteiger partial charge in [0.2, 0.25) is 0 Å². The molecule has 0 radical (unpaired) electrons. The molecule has 17 heavy (non-hydrogen) atoms. The third-order valence-corrected chi connectivity index (χ3v) is 3.44. The first-order valence-electron chi connectivity index (χ1n) is 7.41. The Morgan fingerprint density at radius 3 is 2.88 bits per heavy atom. The number of ether oxygens (including phenoxy) is 1. The van der Waals surface area contributed by atoms with Gasteiger partial charge in [-0.15, -0.1) is 0 Å². The molecule has 0 spiro atoms. The molecule has 1 N–H and O–H groups in total. The molecule has 1 fully saturated rings. The number of unbranched alkanes of at least 4 members (excludes halogenated alkanes) is 2. The molecule has 1 saturated heterocycles. The summed E-state index contributed by atoms with van der Waals surface area (Å²) >= 11 is 0. The van der Waals surface area contributed by atoms with E-state index in [1.165, 1.54) is 51.7 Å². The summed E-state index contributed by atoms with van der Waals surface area (Å²) in [4.78, 5) is 2.58. The number of rotatable bonds is 9. The van der Waals surface area contributed by atoms with Crippen molar-refractivity contribution in [3.05, 3.63) is 0 Å². The highest BCUT2D eigenvalue weighted by Crippen LogP contribution is 2.13. The lowest BCUT2D eigenvalue weighted by Crippen LogP contribution is -2.40. The van der Waals surface area contributed by atoms with Gasteiger partial charge in [0.15, 0.2) is 0 Å². The third kappa shape index (κ3) is 7.02. The van der Waals surface area contributed by atoms with Gasteiger partial charge in [-0.25, -0.2) is 0 Å². The van der Waals surface area contributed by atoms with E-state index < -0.39 is 0 Å². The van der Waals surface area contributed by atoms with Crippen molar-refractivity contribution in [1.82, 2.24) is 10.2 Å². The van der Waals surface area contributed by atoms with Gasteiger partial charge < -0.3 is 15.0 Å². The van der Waals surface area contributed by atoms with Crippen LogP contribution in [-0.2, 0) is 4.74 Å². The van der Waals surface area contributed by atoms with E-state index in [0.29, 0.717) is 6.10 Å². The van der Waals surface area contributed by atoms with Crippen molar-refractivity contribution in [2.24, 2.45) is 0 Å². The molecule has 1 unspecified atom stereocenters. The van der Waals surface area contributed by atoms with Gasteiger partial charge in [0.1, 0.15) is 0 Å². The highest BCUT2D eigenvalue weighted by Gasteiger charge is 2.19. The summed E-state index contributed by atoms with van der Waals surface area (Å²) in [6.07, 6.45) is 7.06. The van der Waals surface area contributed by atoms with Crippen LogP contribution in [0.2, 0.25) is 0 Å². The van der Waals surface area contributed by atoms with E-state index in [9.17, 15) is 0 Å². The van der Waals surface area contributed by atoms with Crippen LogP contribution in [0.3, 0.4) is 0 Å². The molecule has 1 aliphatic rings. The largest absolute Gasteiger partial charge is 0.377 e. The third-order valence-electron chi connectivity index (χ3n) is 3.44. The second-order valence-electron chi connectivity index (χ2n) is 4.93. The van der Waals surface area contributed by atoms with Gasteiger partial charge in [-0.05, 0) is 58.8 Å². The zero-order valence-electron chi connectivity index (χ0n) is 11.7. The molecule has 102 valence electrons. The Hall–Kier alpha value is -0.120. The van der Waals surface area contributed by atoms with Gasteiger partial charge in [0.05, 0.1) is 6.10 Å². The van der Waals surface area contributed by atoms with E-state index >= 15 is 0 Å². The van der Waals surface area contributed by atoms with Crippen LogP contribution in [-0.4, -0.2) is 50.3 Å². The maximum Gasteiger partial charge on any atom is 0.0702 e. The van der Waals surface area contributed by atoms with Crippen LogP contribution in [0.1, 0.15) is 46.0 Å². The molecule has 0 aromatic carbocycles. The second-order valence-corrected chi connectivity index (χ2v) is 4.93. The minimum Gasteiger partial charge on any atom is -0.377 e. The summed E-state index contributed by atoms with van der Waals surface area (Å²) in [7, 11) is 0. The molecule has 1 aliphatic heterocycles. The molecule has 0 bridgehead atoms. The maximum absolute atomic E-state index is 5.72. The average molecular weight is 242 g/mol. The maximum atomic E-state index is 5.72. The molecule has 1 heterocycles. The number of likely N-dealkylation sites (tertiary alicyclic amines) is 1. The molecule has 0 saturated carbocycles. The summed E-state index contributed by atoms with van der Waals surface area (Å²) < 4.78 is 5.72. The second kappa shape index (κ2) is 9.86. The topological polar surface area (TPSA) is 24.5 Å². The molecule has 3 heteroatoms. The number of nitrogens with one attached hydrogen (secondary N) is 1. The molecule has 0 aromatic heterocycles. The Morgan fingerprint density at radius 1 is 1.24 bits per heavy atom. The highest BCUT2D eigenvalue weighted by molar-refractivity contribution is 4.73. The number of nitrogens with zero attached hydrogens (tertiary/aromatic N) is 1. The van der Waals surface area contributed by atoms with Crippen molar-refractivity contribution >= 4 is 0 Å². The zero-order chi connectivity index (χ0) is 12.3. The van der Waals surface area contributed by atoms with Crippen LogP contribution in [0, 0.1) is 0 Å². The molecule has 0 aliphatic carbocycles. The van der Waals surface area contributed by atoms with Crippen molar-refractivity contribution < 1.29 is 4.74 Å². The molecular formula is C14H30N2O. The molecular weight excluding hydrogens is 212 g/mol. The monoisotopic (exact) mass is 242 g/mol. The lowest BCUT2D eigenvalue weighted by Gasteiger charge is -2.32. The van der Waals surface area contributed by atoms with Gasteiger partial charge in [-0.3, -0.25) is 0 Å². The summed E-state index contributed by atoms with van der Waals surface area (Å²) in [5, 5.41) is 3.38. The minimum atomic E-state index is 0.496. The minimum absolute atomic E-state index is 0.496. The Labute approximate surface area is 107 Å². The quantitative estimate of drug-likeness (QED) is 0.628. The van der Waals surface area contributed by atoms with Gasteiger partial charge in [-0.1, -0.05) is 13.3 Å². The highest BCUT2D eigenvalue weighted by atomic mass is 16.5. The first-order chi connectivity index (χ1) is 8.36. The van der Waals surface area contributed by atoms with E-state index in [2.05, 4.69) is 24.1 Å². The smallest absolute Gasteiger partial charge is 0.0702 e. The van der Waals surface area contributed by atoms with E-state index in [0.717, 1.165) is 19.7 Å². The fourth-order valence-corrected chi connectivity index (χ4v) is 2.53. The van der Waals surface area contributed by atoms with Crippen molar-refractivity contribution in [3.63, 3.8) is 0 Å². The summed E-state index contributed by atoms with van der Waals surface area (Å²) in [5.74, 6) is 0. The number of hydrogen-bond donors (Lipinski definition) is 1. The van der Waals surface area contributed by atoms with E-state index in [1.807, 2.05) is 0 Å². The van der Waals surface area contributed by atoms with Gasteiger partial charge >= 0.3 is 0 Å². The van der Waals surface area contributed by atoms with Crippen LogP contribution < -0.4 is 5.32 Å². The van der Waals surface area contributed by atoms with E-state index in [-0.39, 0.29) is 0 Å². The van der Waals surface area contributed by atoms with Crippen molar-refractivity contribution in [3.8, 4) is 0 Å². The Morgan fingerprint density at radius 2 is 2.12 bits per heavy atom. The zero-order valence-corrected chi connectivity index (χ0v) is 11.7. The van der Waals surface area contributed by atoms with Gasteiger partial charge in [-0.2, -0.15) is 0 Å². The summed E-state index contributed by atoms with van der Waals surface area (Å²) in [6.45, 7) is 11.1. The lowest BCUT2D eigenvalue weighted by molar-refractivity contribution is 0.00559. The summed E-state index contributed by atoms with van der Waals surface area (Å²) in [5.41, 5.74) is 0. The van der Waals surface area contributed by atoms with Crippen LogP contribution in [0.4, 0.5) is 0 Å². The van der Waals surface area contributed by atoms with Crippen molar-refractivity contribution in [2.45, 2.75) is 52.1 Å². The standard InChI is InChI=1S/C14H30N2O/c1-3-15-10-6-5-7-11-16-12-8-9-14(13-16)17-4-2/h14-15H,3-13H2,1-2H3. The first kappa shape index (κ1) is 14.9. The fourth-order valence-electron chi connectivity index (χ4n) is 2.53. The summed E-state index contributed by atoms with van der Waals surface area (Å²) in [6, 6.07) is 0. The number of piperidine rings is 1. The molecule has 3 nitrogen and oxygen atoms in total. The van der Waals surface area contributed by atoms with Gasteiger partial charge in [0.25, 0.3) is 0 Å². The predicted octanol–water partition coefficient (Wildman–Crippen LogP) is 2.27.